The van der Waals surface area contributed by atoms with Gasteiger partial charge in [-0.25, -0.2) is 0 Å². The van der Waals surface area contributed by atoms with Crippen LogP contribution in [-0.4, -0.2) is 70.7 Å². The van der Waals surface area contributed by atoms with Crippen molar-refractivity contribution >= 4 is 17.7 Å². The Balaban J connectivity index is 1.32. The average Bonchev–Trinajstić information content (AvgIpc) is 3.28. The van der Waals surface area contributed by atoms with Crippen LogP contribution < -0.4 is 0 Å². The Labute approximate surface area is 169 Å². The molecule has 29 heavy (non-hydrogen) atoms. The summed E-state index contributed by atoms with van der Waals surface area (Å²) in [5.41, 5.74) is 2.76. The maximum absolute atomic E-state index is 13.0. The predicted molar refractivity (Wildman–Crippen MR) is 108 cm³/mol. The minimum atomic E-state index is -0.543. The van der Waals surface area contributed by atoms with Gasteiger partial charge >= 0.3 is 0 Å². The van der Waals surface area contributed by atoms with Gasteiger partial charge in [-0.3, -0.25) is 14.4 Å². The third-order valence-electron chi connectivity index (χ3n) is 6.30. The summed E-state index contributed by atoms with van der Waals surface area (Å²) in [4.78, 5) is 43.8. The van der Waals surface area contributed by atoms with Crippen LogP contribution in [0.3, 0.4) is 0 Å². The standard InChI is InChI=1S/C23H23N3O3/c27-21(18-10-8-17(9-11-18)16-5-2-1-3-6-16)24-13-14-26-20(15-24)23(29)25-12-4-7-19(25)22(26)28/h1-3,5-6,8-11,19-20H,4,7,12-15H2/t19-,20+/m0/s1. The Bertz CT molecular complexity index is 957. The first-order valence-corrected chi connectivity index (χ1v) is 10.2. The van der Waals surface area contributed by atoms with Crippen molar-refractivity contribution in [3.63, 3.8) is 0 Å². The van der Waals surface area contributed by atoms with Crippen molar-refractivity contribution in [2.24, 2.45) is 0 Å². The summed E-state index contributed by atoms with van der Waals surface area (Å²) >= 11 is 0. The first kappa shape index (κ1) is 17.9. The Hall–Kier alpha value is -3.15. The van der Waals surface area contributed by atoms with Crippen molar-refractivity contribution < 1.29 is 14.4 Å². The third-order valence-corrected chi connectivity index (χ3v) is 6.30. The zero-order valence-corrected chi connectivity index (χ0v) is 16.2. The molecular formula is C23H23N3O3. The van der Waals surface area contributed by atoms with Gasteiger partial charge in [-0.15, -0.1) is 0 Å². The van der Waals surface area contributed by atoms with Gasteiger partial charge in [-0.2, -0.15) is 0 Å². The van der Waals surface area contributed by atoms with Crippen molar-refractivity contribution in [1.29, 1.82) is 0 Å². The predicted octanol–water partition coefficient (Wildman–Crippen LogP) is 2.01. The van der Waals surface area contributed by atoms with E-state index >= 15 is 0 Å². The van der Waals surface area contributed by atoms with Crippen molar-refractivity contribution in [2.75, 3.05) is 26.2 Å². The van der Waals surface area contributed by atoms with Gasteiger partial charge in [0.1, 0.15) is 12.1 Å². The average molecular weight is 389 g/mol. The van der Waals surface area contributed by atoms with E-state index in [1.807, 2.05) is 54.6 Å². The van der Waals surface area contributed by atoms with Crippen molar-refractivity contribution in [3.8, 4) is 11.1 Å². The molecule has 2 aromatic carbocycles. The number of nitrogens with zero attached hydrogens (tertiary/aromatic N) is 3. The summed E-state index contributed by atoms with van der Waals surface area (Å²) in [6.07, 6.45) is 1.63. The molecule has 0 unspecified atom stereocenters. The van der Waals surface area contributed by atoms with Gasteiger partial charge in [0.15, 0.2) is 0 Å². The van der Waals surface area contributed by atoms with Crippen molar-refractivity contribution in [2.45, 2.75) is 24.9 Å². The van der Waals surface area contributed by atoms with Gasteiger partial charge in [0.2, 0.25) is 11.8 Å². The Morgan fingerprint density at radius 3 is 2.17 bits per heavy atom. The zero-order chi connectivity index (χ0) is 20.0. The molecule has 0 saturated carbocycles. The minimum absolute atomic E-state index is 0.0102. The van der Waals surface area contributed by atoms with E-state index in [1.54, 1.807) is 14.7 Å². The topological polar surface area (TPSA) is 60.9 Å². The number of benzene rings is 2. The highest BCUT2D eigenvalue weighted by atomic mass is 16.2. The van der Waals surface area contributed by atoms with Crippen LogP contribution in [0.4, 0.5) is 0 Å². The quantitative estimate of drug-likeness (QED) is 0.790. The van der Waals surface area contributed by atoms with Gasteiger partial charge in [0.05, 0.1) is 6.54 Å². The number of fused-ring (bicyclic) bond motifs is 2. The highest BCUT2D eigenvalue weighted by Gasteiger charge is 2.49. The third kappa shape index (κ3) is 2.99. The second-order valence-electron chi connectivity index (χ2n) is 7.93. The zero-order valence-electron chi connectivity index (χ0n) is 16.2. The Morgan fingerprint density at radius 1 is 0.759 bits per heavy atom. The van der Waals surface area contributed by atoms with Crippen LogP contribution >= 0.6 is 0 Å². The number of rotatable bonds is 2. The van der Waals surface area contributed by atoms with E-state index in [0.29, 0.717) is 25.2 Å². The van der Waals surface area contributed by atoms with E-state index in [1.165, 1.54) is 0 Å². The number of hydrogen-bond donors (Lipinski definition) is 0. The first-order valence-electron chi connectivity index (χ1n) is 10.2. The van der Waals surface area contributed by atoms with E-state index in [-0.39, 0.29) is 30.3 Å². The van der Waals surface area contributed by atoms with E-state index in [4.69, 9.17) is 0 Å². The van der Waals surface area contributed by atoms with Gasteiger partial charge in [-0.05, 0) is 36.1 Å². The van der Waals surface area contributed by atoms with Gasteiger partial charge in [-0.1, -0.05) is 42.5 Å². The lowest BCUT2D eigenvalue weighted by Crippen LogP contribution is -2.69. The summed E-state index contributed by atoms with van der Waals surface area (Å²) in [5.74, 6) is -0.0523. The van der Waals surface area contributed by atoms with E-state index in [9.17, 15) is 14.4 Å². The summed E-state index contributed by atoms with van der Waals surface area (Å²) in [5, 5.41) is 0. The highest BCUT2D eigenvalue weighted by molar-refractivity contribution is 5.99. The monoisotopic (exact) mass is 389 g/mol. The lowest BCUT2D eigenvalue weighted by Gasteiger charge is -2.47. The molecule has 6 nitrogen and oxygen atoms in total. The normalized spacial score (nSPS) is 23.8. The molecule has 0 aromatic heterocycles. The van der Waals surface area contributed by atoms with Crippen LogP contribution in [0, 0.1) is 0 Å². The second kappa shape index (κ2) is 7.03. The number of carbonyl (C=O) groups is 3. The molecule has 3 aliphatic heterocycles. The van der Waals surface area contributed by atoms with Crippen LogP contribution in [0.25, 0.3) is 11.1 Å². The largest absolute Gasteiger partial charge is 0.334 e. The smallest absolute Gasteiger partial charge is 0.253 e. The van der Waals surface area contributed by atoms with Crippen LogP contribution in [0.15, 0.2) is 54.6 Å². The maximum Gasteiger partial charge on any atom is 0.253 e. The first-order chi connectivity index (χ1) is 14.1. The summed E-state index contributed by atoms with van der Waals surface area (Å²) in [6.45, 7) is 1.80. The van der Waals surface area contributed by atoms with E-state index in [0.717, 1.165) is 24.0 Å². The fraction of sp³-hybridized carbons (Fsp3) is 0.348. The molecule has 0 N–H and O–H groups in total. The number of amides is 3. The molecule has 2 aromatic rings. The van der Waals surface area contributed by atoms with Gasteiger partial charge in [0, 0.05) is 25.2 Å². The second-order valence-corrected chi connectivity index (χ2v) is 7.93. The molecule has 0 spiro atoms. The molecule has 3 heterocycles. The Morgan fingerprint density at radius 2 is 1.41 bits per heavy atom. The highest BCUT2D eigenvalue weighted by Crippen LogP contribution is 2.29. The van der Waals surface area contributed by atoms with Crippen LogP contribution in [0.1, 0.15) is 23.2 Å². The molecule has 3 aliphatic rings. The van der Waals surface area contributed by atoms with Gasteiger partial charge < -0.3 is 14.7 Å². The lowest BCUT2D eigenvalue weighted by atomic mass is 10.0. The van der Waals surface area contributed by atoms with Crippen LogP contribution in [0.2, 0.25) is 0 Å². The Kier molecular flexibility index (Phi) is 4.34. The molecule has 6 heteroatoms. The minimum Gasteiger partial charge on any atom is -0.334 e. The molecule has 3 amide bonds. The number of hydrogen-bond acceptors (Lipinski definition) is 3. The number of carbonyl (C=O) groups excluding carboxylic acids is 3. The molecule has 3 saturated heterocycles. The molecular weight excluding hydrogens is 366 g/mol. The molecule has 0 aliphatic carbocycles. The fourth-order valence-electron chi connectivity index (χ4n) is 4.73. The number of piperazine rings is 2. The lowest BCUT2D eigenvalue weighted by molar-refractivity contribution is -0.162. The van der Waals surface area contributed by atoms with Crippen molar-refractivity contribution in [1.82, 2.24) is 14.7 Å². The molecule has 148 valence electrons. The SMILES string of the molecule is O=C(c1ccc(-c2ccccc2)cc1)N1CCN2C(=O)[C@@H]3CCCN3C(=O)[C@H]2C1. The van der Waals surface area contributed by atoms with Crippen LogP contribution in [-0.2, 0) is 9.59 Å². The van der Waals surface area contributed by atoms with E-state index < -0.39 is 6.04 Å². The maximum atomic E-state index is 13.0. The van der Waals surface area contributed by atoms with E-state index in [2.05, 4.69) is 0 Å². The van der Waals surface area contributed by atoms with Gasteiger partial charge in [0.25, 0.3) is 5.91 Å². The molecule has 0 radical (unpaired) electrons. The molecule has 0 bridgehead atoms. The van der Waals surface area contributed by atoms with Crippen LogP contribution in [0.5, 0.6) is 0 Å². The molecule has 5 rings (SSSR count). The summed E-state index contributed by atoms with van der Waals surface area (Å²) < 4.78 is 0. The molecule has 2 atom stereocenters. The fourth-order valence-corrected chi connectivity index (χ4v) is 4.73. The summed E-state index contributed by atoms with van der Waals surface area (Å²) in [7, 11) is 0. The summed E-state index contributed by atoms with van der Waals surface area (Å²) in [6, 6.07) is 16.8. The molecule has 3 fully saturated rings. The van der Waals surface area contributed by atoms with Crippen molar-refractivity contribution in [3.05, 3.63) is 60.2 Å².